The number of benzene rings is 1. The molecule has 2 nitrogen and oxygen atoms in total. The van der Waals surface area contributed by atoms with Crippen molar-refractivity contribution in [3.05, 3.63) is 34.4 Å². The highest BCUT2D eigenvalue weighted by Gasteiger charge is 2.02. The molecule has 0 heterocycles. The van der Waals surface area contributed by atoms with E-state index in [0.717, 1.165) is 26.1 Å². The van der Waals surface area contributed by atoms with Gasteiger partial charge in [-0.2, -0.15) is 0 Å². The summed E-state index contributed by atoms with van der Waals surface area (Å²) in [5.41, 5.74) is 5.65. The maximum Gasteiger partial charge on any atom is 0.0587 e. The molecule has 16 heavy (non-hydrogen) atoms. The lowest BCUT2D eigenvalue weighted by Crippen LogP contribution is -2.22. The fraction of sp³-hybridized carbons (Fsp3) is 0.571. The van der Waals surface area contributed by atoms with Crippen LogP contribution in [-0.4, -0.2) is 26.8 Å². The van der Waals surface area contributed by atoms with Gasteiger partial charge >= 0.3 is 0 Å². The Bertz CT molecular complexity index is 311. The molecule has 0 atom stereocenters. The molecule has 0 aromatic heterocycles. The van der Waals surface area contributed by atoms with E-state index >= 15 is 0 Å². The summed E-state index contributed by atoms with van der Waals surface area (Å²) in [4.78, 5) is 0. The molecule has 0 spiro atoms. The lowest BCUT2D eigenvalue weighted by molar-refractivity contribution is 0.199. The Morgan fingerprint density at radius 3 is 2.25 bits per heavy atom. The molecular weight excluding hydrogens is 198 g/mol. The summed E-state index contributed by atoms with van der Waals surface area (Å²) in [6.45, 7) is 9.29. The number of methoxy groups -OCH3 is 1. The fourth-order valence-corrected chi connectivity index (χ4v) is 2.12. The van der Waals surface area contributed by atoms with Gasteiger partial charge in [0, 0.05) is 13.7 Å². The van der Waals surface area contributed by atoms with Crippen molar-refractivity contribution < 1.29 is 4.74 Å². The molecule has 0 aliphatic rings. The average molecular weight is 221 g/mol. The lowest BCUT2D eigenvalue weighted by Gasteiger charge is -2.11. The van der Waals surface area contributed by atoms with Crippen molar-refractivity contribution in [1.29, 1.82) is 0 Å². The van der Waals surface area contributed by atoms with E-state index in [1.165, 1.54) is 22.3 Å². The minimum atomic E-state index is 0.784. The van der Waals surface area contributed by atoms with Crippen LogP contribution in [0.1, 0.15) is 22.3 Å². The van der Waals surface area contributed by atoms with E-state index in [-0.39, 0.29) is 0 Å². The Morgan fingerprint density at radius 2 is 1.69 bits per heavy atom. The van der Waals surface area contributed by atoms with Crippen LogP contribution in [0.25, 0.3) is 0 Å². The number of rotatable bonds is 6. The molecule has 0 saturated carbocycles. The quantitative estimate of drug-likeness (QED) is 0.745. The zero-order valence-corrected chi connectivity index (χ0v) is 10.9. The Kier molecular flexibility index (Phi) is 5.50. The standard InChI is InChI=1S/C14H23NO/c1-11-9-12(2)14(13(3)10-11)5-6-15-7-8-16-4/h9-10,15H,5-8H2,1-4H3. The van der Waals surface area contributed by atoms with E-state index in [9.17, 15) is 0 Å². The monoisotopic (exact) mass is 221 g/mol. The van der Waals surface area contributed by atoms with E-state index in [1.54, 1.807) is 7.11 Å². The molecule has 0 saturated heterocycles. The van der Waals surface area contributed by atoms with Crippen molar-refractivity contribution in [1.82, 2.24) is 5.32 Å². The highest BCUT2D eigenvalue weighted by Crippen LogP contribution is 2.16. The zero-order chi connectivity index (χ0) is 12.0. The average Bonchev–Trinajstić information content (AvgIpc) is 2.20. The first-order valence-electron chi connectivity index (χ1n) is 5.91. The van der Waals surface area contributed by atoms with Gasteiger partial charge in [0.05, 0.1) is 6.61 Å². The Labute approximate surface area is 99.0 Å². The first kappa shape index (κ1) is 13.2. The van der Waals surface area contributed by atoms with Gasteiger partial charge in [0.25, 0.3) is 0 Å². The SMILES string of the molecule is COCCNCCc1c(C)cc(C)cc1C. The van der Waals surface area contributed by atoms with Crippen LogP contribution in [-0.2, 0) is 11.2 Å². The molecule has 1 N–H and O–H groups in total. The van der Waals surface area contributed by atoms with Crippen LogP contribution in [0.2, 0.25) is 0 Å². The maximum atomic E-state index is 4.99. The predicted octanol–water partition coefficient (Wildman–Crippen LogP) is 2.39. The second-order valence-electron chi connectivity index (χ2n) is 4.37. The van der Waals surface area contributed by atoms with Crippen molar-refractivity contribution >= 4 is 0 Å². The smallest absolute Gasteiger partial charge is 0.0587 e. The van der Waals surface area contributed by atoms with Crippen molar-refractivity contribution in [2.45, 2.75) is 27.2 Å². The number of hydrogen-bond acceptors (Lipinski definition) is 2. The van der Waals surface area contributed by atoms with E-state index < -0.39 is 0 Å². The number of ether oxygens (including phenoxy) is 1. The summed E-state index contributed by atoms with van der Waals surface area (Å²) < 4.78 is 4.99. The third kappa shape index (κ3) is 3.95. The van der Waals surface area contributed by atoms with Crippen molar-refractivity contribution in [2.24, 2.45) is 0 Å². The van der Waals surface area contributed by atoms with Gasteiger partial charge in [-0.25, -0.2) is 0 Å². The van der Waals surface area contributed by atoms with Crippen molar-refractivity contribution in [3.63, 3.8) is 0 Å². The van der Waals surface area contributed by atoms with E-state index in [2.05, 4.69) is 38.2 Å². The molecule has 0 aliphatic carbocycles. The summed E-state index contributed by atoms with van der Waals surface area (Å²) in [6, 6.07) is 4.52. The van der Waals surface area contributed by atoms with E-state index in [4.69, 9.17) is 4.74 Å². The van der Waals surface area contributed by atoms with Gasteiger partial charge in [-0.15, -0.1) is 0 Å². The van der Waals surface area contributed by atoms with Crippen LogP contribution < -0.4 is 5.32 Å². The van der Waals surface area contributed by atoms with Crippen molar-refractivity contribution in [2.75, 3.05) is 26.8 Å². The first-order valence-corrected chi connectivity index (χ1v) is 5.91. The van der Waals surface area contributed by atoms with Crippen LogP contribution in [0.4, 0.5) is 0 Å². The van der Waals surface area contributed by atoms with Crippen LogP contribution in [0.5, 0.6) is 0 Å². The van der Waals surface area contributed by atoms with Gasteiger partial charge in [0.2, 0.25) is 0 Å². The molecule has 1 rings (SSSR count). The van der Waals surface area contributed by atoms with Gasteiger partial charge in [-0.1, -0.05) is 17.7 Å². The molecule has 0 fully saturated rings. The third-order valence-corrected chi connectivity index (χ3v) is 2.88. The molecule has 0 unspecified atom stereocenters. The van der Waals surface area contributed by atoms with Crippen LogP contribution in [0.3, 0.4) is 0 Å². The minimum Gasteiger partial charge on any atom is -0.383 e. The topological polar surface area (TPSA) is 21.3 Å². The summed E-state index contributed by atoms with van der Waals surface area (Å²) >= 11 is 0. The summed E-state index contributed by atoms with van der Waals surface area (Å²) in [5, 5.41) is 3.38. The largest absolute Gasteiger partial charge is 0.383 e. The van der Waals surface area contributed by atoms with Crippen LogP contribution >= 0.6 is 0 Å². The highest BCUT2D eigenvalue weighted by molar-refractivity contribution is 5.37. The maximum absolute atomic E-state index is 4.99. The number of aryl methyl sites for hydroxylation is 3. The molecule has 1 aromatic carbocycles. The summed E-state index contributed by atoms with van der Waals surface area (Å²) in [5.74, 6) is 0. The summed E-state index contributed by atoms with van der Waals surface area (Å²) in [6.07, 6.45) is 1.10. The Hall–Kier alpha value is -0.860. The molecule has 0 aliphatic heterocycles. The van der Waals surface area contributed by atoms with Gasteiger partial charge < -0.3 is 10.1 Å². The summed E-state index contributed by atoms with van der Waals surface area (Å²) in [7, 11) is 1.73. The zero-order valence-electron chi connectivity index (χ0n) is 10.9. The van der Waals surface area contributed by atoms with Crippen molar-refractivity contribution in [3.8, 4) is 0 Å². The fourth-order valence-electron chi connectivity index (χ4n) is 2.12. The first-order chi connectivity index (χ1) is 7.65. The number of nitrogens with one attached hydrogen (secondary N) is 1. The van der Waals surface area contributed by atoms with Gasteiger partial charge in [0.15, 0.2) is 0 Å². The van der Waals surface area contributed by atoms with Gasteiger partial charge in [0.1, 0.15) is 0 Å². The van der Waals surface area contributed by atoms with Gasteiger partial charge in [-0.3, -0.25) is 0 Å². The van der Waals surface area contributed by atoms with Crippen LogP contribution in [0, 0.1) is 20.8 Å². The lowest BCUT2D eigenvalue weighted by atomic mass is 9.97. The normalized spacial score (nSPS) is 10.8. The molecule has 0 bridgehead atoms. The molecule has 0 amide bonds. The molecule has 0 radical (unpaired) electrons. The molecule has 90 valence electrons. The molecule has 2 heteroatoms. The second-order valence-corrected chi connectivity index (χ2v) is 4.37. The highest BCUT2D eigenvalue weighted by atomic mass is 16.5. The third-order valence-electron chi connectivity index (χ3n) is 2.88. The molecular formula is C14H23NO. The minimum absolute atomic E-state index is 0.784. The second kappa shape index (κ2) is 6.66. The Morgan fingerprint density at radius 1 is 1.06 bits per heavy atom. The van der Waals surface area contributed by atoms with Crippen LogP contribution in [0.15, 0.2) is 12.1 Å². The molecule has 1 aromatic rings. The van der Waals surface area contributed by atoms with Gasteiger partial charge in [-0.05, 0) is 50.4 Å². The van der Waals surface area contributed by atoms with E-state index in [0.29, 0.717) is 0 Å². The predicted molar refractivity (Wildman–Crippen MR) is 69.1 cm³/mol. The van der Waals surface area contributed by atoms with E-state index in [1.807, 2.05) is 0 Å². The Balaban J connectivity index is 2.47. The number of hydrogen-bond donors (Lipinski definition) is 1.